The van der Waals surface area contributed by atoms with Crippen LogP contribution in [0.1, 0.15) is 19.4 Å². The fourth-order valence-corrected chi connectivity index (χ4v) is 3.65. The first-order valence-corrected chi connectivity index (χ1v) is 10.7. The van der Waals surface area contributed by atoms with E-state index in [0.29, 0.717) is 46.9 Å². The molecule has 34 heavy (non-hydrogen) atoms. The third kappa shape index (κ3) is 4.47. The molecule has 1 aliphatic heterocycles. The molecule has 0 aliphatic carbocycles. The summed E-state index contributed by atoms with van der Waals surface area (Å²) < 4.78 is 39.0. The zero-order valence-electron chi connectivity index (χ0n) is 18.6. The molecule has 0 atom stereocenters. The first kappa shape index (κ1) is 23.0. The molecule has 0 bridgehead atoms. The second kappa shape index (κ2) is 9.74. The number of carbonyl (C=O) groups is 2. The van der Waals surface area contributed by atoms with E-state index in [9.17, 15) is 18.4 Å². The quantitative estimate of drug-likeness (QED) is 0.467. The maximum absolute atomic E-state index is 14.5. The zero-order valence-corrected chi connectivity index (χ0v) is 18.6. The van der Waals surface area contributed by atoms with Gasteiger partial charge < -0.3 is 14.8 Å². The van der Waals surface area contributed by atoms with E-state index < -0.39 is 23.4 Å². The summed E-state index contributed by atoms with van der Waals surface area (Å²) in [5.41, 5.74) is 0.632. The number of hydrogen-bond acceptors (Lipinski definition) is 5. The number of hydrogen-bond donors (Lipinski definition) is 1. The fraction of sp³-hybridized carbons (Fsp3) is 0.154. The Morgan fingerprint density at radius 3 is 2.21 bits per heavy atom. The van der Waals surface area contributed by atoms with E-state index in [4.69, 9.17) is 9.47 Å². The van der Waals surface area contributed by atoms with Crippen LogP contribution in [-0.4, -0.2) is 25.0 Å². The van der Waals surface area contributed by atoms with Gasteiger partial charge in [0.2, 0.25) is 0 Å². The van der Waals surface area contributed by atoms with Gasteiger partial charge in [-0.25, -0.2) is 13.7 Å². The highest BCUT2D eigenvalue weighted by molar-refractivity contribution is 6.46. The smallest absolute Gasteiger partial charge is 0.282 e. The summed E-state index contributed by atoms with van der Waals surface area (Å²) in [5, 5.41) is 3.00. The van der Waals surface area contributed by atoms with Crippen LogP contribution in [0.15, 0.2) is 72.4 Å². The van der Waals surface area contributed by atoms with Gasteiger partial charge in [-0.15, -0.1) is 0 Å². The maximum atomic E-state index is 14.5. The Hall–Kier alpha value is -4.20. The van der Waals surface area contributed by atoms with Crippen LogP contribution in [-0.2, 0) is 9.59 Å². The number of rotatable bonds is 8. The average molecular weight is 464 g/mol. The second-order valence-corrected chi connectivity index (χ2v) is 7.33. The Balaban J connectivity index is 1.79. The lowest BCUT2D eigenvalue weighted by molar-refractivity contribution is -0.120. The summed E-state index contributed by atoms with van der Waals surface area (Å²) in [6, 6.07) is 16.2. The van der Waals surface area contributed by atoms with E-state index in [1.54, 1.807) is 48.5 Å². The molecular formula is C26H22F2N2O4. The Bertz CT molecular complexity index is 1270. The molecule has 8 heteroatoms. The standard InChI is InChI=1S/C26H22F2N2O4/c1-3-33-19-11-8-16(9-12-19)23-24(29-18-6-5-7-20(15-18)34-4-2)26(32)30(25(23)31)22-13-10-17(27)14-21(22)28/h5-15,29H,3-4H2,1-2H3. The van der Waals surface area contributed by atoms with Crippen LogP contribution in [0.4, 0.5) is 20.2 Å². The Kier molecular flexibility index (Phi) is 6.58. The number of benzene rings is 3. The lowest BCUT2D eigenvalue weighted by atomic mass is 10.0. The van der Waals surface area contributed by atoms with Crippen LogP contribution < -0.4 is 19.7 Å². The molecule has 1 aliphatic rings. The van der Waals surface area contributed by atoms with Gasteiger partial charge in [-0.2, -0.15) is 0 Å². The van der Waals surface area contributed by atoms with Gasteiger partial charge in [0, 0.05) is 17.8 Å². The largest absolute Gasteiger partial charge is 0.494 e. The van der Waals surface area contributed by atoms with Crippen LogP contribution >= 0.6 is 0 Å². The minimum absolute atomic E-state index is 0.0356. The Morgan fingerprint density at radius 2 is 1.53 bits per heavy atom. The van der Waals surface area contributed by atoms with E-state index in [1.807, 2.05) is 13.8 Å². The summed E-state index contributed by atoms with van der Waals surface area (Å²) in [4.78, 5) is 27.5. The SMILES string of the molecule is CCOc1ccc(C2=C(Nc3cccc(OCC)c3)C(=O)N(c3ccc(F)cc3F)C2=O)cc1. The molecule has 3 aromatic rings. The molecule has 0 aromatic heterocycles. The molecule has 174 valence electrons. The van der Waals surface area contributed by atoms with Crippen LogP contribution in [0.5, 0.6) is 11.5 Å². The van der Waals surface area contributed by atoms with Crippen molar-refractivity contribution >= 4 is 28.8 Å². The highest BCUT2D eigenvalue weighted by Crippen LogP contribution is 2.36. The fourth-order valence-electron chi connectivity index (χ4n) is 3.65. The maximum Gasteiger partial charge on any atom is 0.282 e. The van der Waals surface area contributed by atoms with E-state index >= 15 is 0 Å². The monoisotopic (exact) mass is 464 g/mol. The first-order chi connectivity index (χ1) is 16.4. The van der Waals surface area contributed by atoms with Gasteiger partial charge in [-0.3, -0.25) is 9.59 Å². The number of anilines is 2. The Labute approximate surface area is 195 Å². The molecule has 0 unspecified atom stereocenters. The molecule has 2 amide bonds. The molecule has 1 N–H and O–H groups in total. The van der Waals surface area contributed by atoms with Crippen LogP contribution in [0.25, 0.3) is 5.57 Å². The predicted molar refractivity (Wildman–Crippen MR) is 125 cm³/mol. The molecule has 0 spiro atoms. The molecule has 0 saturated carbocycles. The van der Waals surface area contributed by atoms with Crippen molar-refractivity contribution in [3.63, 3.8) is 0 Å². The van der Waals surface area contributed by atoms with Crippen LogP contribution in [0.3, 0.4) is 0 Å². The molecule has 0 fully saturated rings. The number of nitrogens with one attached hydrogen (secondary N) is 1. The van der Waals surface area contributed by atoms with E-state index in [2.05, 4.69) is 5.32 Å². The van der Waals surface area contributed by atoms with E-state index in [0.717, 1.165) is 12.1 Å². The number of ether oxygens (including phenoxy) is 2. The molecule has 4 rings (SSSR count). The van der Waals surface area contributed by atoms with Crippen molar-refractivity contribution in [2.75, 3.05) is 23.4 Å². The second-order valence-electron chi connectivity index (χ2n) is 7.33. The minimum Gasteiger partial charge on any atom is -0.494 e. The summed E-state index contributed by atoms with van der Waals surface area (Å²) in [6.07, 6.45) is 0. The lowest BCUT2D eigenvalue weighted by Gasteiger charge is -2.16. The molecule has 3 aromatic carbocycles. The molecule has 1 heterocycles. The van der Waals surface area contributed by atoms with Crippen molar-refractivity contribution < 1.29 is 27.8 Å². The van der Waals surface area contributed by atoms with Crippen molar-refractivity contribution in [3.05, 3.63) is 89.6 Å². The van der Waals surface area contributed by atoms with Crippen molar-refractivity contribution in [1.29, 1.82) is 0 Å². The van der Waals surface area contributed by atoms with Gasteiger partial charge in [0.05, 0.1) is 24.5 Å². The molecule has 0 saturated heterocycles. The average Bonchev–Trinajstić information content (AvgIpc) is 3.05. The summed E-state index contributed by atoms with van der Waals surface area (Å²) in [6.45, 7) is 4.63. The number of imide groups is 1. The van der Waals surface area contributed by atoms with Gasteiger partial charge in [0.15, 0.2) is 0 Å². The van der Waals surface area contributed by atoms with Crippen molar-refractivity contribution in [3.8, 4) is 11.5 Å². The topological polar surface area (TPSA) is 67.9 Å². The van der Waals surface area contributed by atoms with Gasteiger partial charge >= 0.3 is 0 Å². The van der Waals surface area contributed by atoms with E-state index in [1.165, 1.54) is 0 Å². The number of amides is 2. The number of nitrogens with zero attached hydrogens (tertiary/aromatic N) is 1. The number of carbonyl (C=O) groups excluding carboxylic acids is 2. The van der Waals surface area contributed by atoms with Crippen molar-refractivity contribution in [1.82, 2.24) is 0 Å². The highest BCUT2D eigenvalue weighted by atomic mass is 19.1. The Morgan fingerprint density at radius 1 is 0.824 bits per heavy atom. The summed E-state index contributed by atoms with van der Waals surface area (Å²) >= 11 is 0. The zero-order chi connectivity index (χ0) is 24.2. The van der Waals surface area contributed by atoms with Gasteiger partial charge in [-0.05, 0) is 55.8 Å². The van der Waals surface area contributed by atoms with Crippen LogP contribution in [0.2, 0.25) is 0 Å². The van der Waals surface area contributed by atoms with Gasteiger partial charge in [-0.1, -0.05) is 18.2 Å². The van der Waals surface area contributed by atoms with Gasteiger partial charge in [0.25, 0.3) is 11.8 Å². The third-order valence-corrected chi connectivity index (χ3v) is 5.10. The number of halogens is 2. The molecular weight excluding hydrogens is 442 g/mol. The minimum atomic E-state index is -1.02. The molecule has 0 radical (unpaired) electrons. The predicted octanol–water partition coefficient (Wildman–Crippen LogP) is 5.16. The van der Waals surface area contributed by atoms with Crippen molar-refractivity contribution in [2.45, 2.75) is 13.8 Å². The summed E-state index contributed by atoms with van der Waals surface area (Å²) in [5.74, 6) is -2.15. The lowest BCUT2D eigenvalue weighted by Crippen LogP contribution is -2.33. The normalized spacial score (nSPS) is 13.5. The van der Waals surface area contributed by atoms with Crippen molar-refractivity contribution in [2.24, 2.45) is 0 Å². The van der Waals surface area contributed by atoms with Crippen LogP contribution in [0, 0.1) is 11.6 Å². The molecule has 6 nitrogen and oxygen atoms in total. The third-order valence-electron chi connectivity index (χ3n) is 5.10. The van der Waals surface area contributed by atoms with Gasteiger partial charge in [0.1, 0.15) is 28.8 Å². The highest BCUT2D eigenvalue weighted by Gasteiger charge is 2.41. The van der Waals surface area contributed by atoms with E-state index in [-0.39, 0.29) is 17.0 Å². The first-order valence-electron chi connectivity index (χ1n) is 10.7. The summed E-state index contributed by atoms with van der Waals surface area (Å²) in [7, 11) is 0.